The van der Waals surface area contributed by atoms with E-state index in [1.54, 1.807) is 30.1 Å². The van der Waals surface area contributed by atoms with E-state index < -0.39 is 0 Å². The van der Waals surface area contributed by atoms with E-state index in [0.29, 0.717) is 11.1 Å². The van der Waals surface area contributed by atoms with Crippen LogP contribution < -0.4 is 5.32 Å². The number of halogens is 1. The second kappa shape index (κ2) is 6.62. The minimum absolute atomic E-state index is 0.202. The van der Waals surface area contributed by atoms with Gasteiger partial charge in [-0.25, -0.2) is 14.1 Å². The van der Waals surface area contributed by atoms with Crippen LogP contribution in [0.15, 0.2) is 55.1 Å². The molecule has 0 bridgehead atoms. The van der Waals surface area contributed by atoms with Gasteiger partial charge in [-0.05, 0) is 49.2 Å². The lowest BCUT2D eigenvalue weighted by atomic mass is 10.1. The molecule has 1 aromatic heterocycles. The van der Waals surface area contributed by atoms with E-state index >= 15 is 0 Å². The van der Waals surface area contributed by atoms with Crippen molar-refractivity contribution in [2.24, 2.45) is 0 Å². The zero-order valence-corrected chi connectivity index (χ0v) is 13.4. The summed E-state index contributed by atoms with van der Waals surface area (Å²) in [6, 6.07) is 11.9. The average Bonchev–Trinajstić information content (AvgIpc) is 3.12. The zero-order valence-electron chi connectivity index (χ0n) is 13.4. The van der Waals surface area contributed by atoms with Crippen molar-refractivity contribution in [1.82, 2.24) is 20.1 Å². The summed E-state index contributed by atoms with van der Waals surface area (Å²) in [5.74, 6) is -0.686. The van der Waals surface area contributed by atoms with Gasteiger partial charge in [-0.15, -0.1) is 0 Å². The van der Waals surface area contributed by atoms with Gasteiger partial charge in [0.1, 0.15) is 18.5 Å². The number of aromatic nitrogens is 3. The number of aryl methyl sites for hydroxylation is 1. The molecular weight excluding hydrogens is 307 g/mol. The van der Waals surface area contributed by atoms with Gasteiger partial charge < -0.3 is 5.32 Å². The minimum atomic E-state index is -0.382. The van der Waals surface area contributed by atoms with Crippen molar-refractivity contribution >= 4 is 5.91 Å². The van der Waals surface area contributed by atoms with Crippen LogP contribution >= 0.6 is 0 Å². The lowest BCUT2D eigenvalue weighted by molar-refractivity contribution is 0.0939. The van der Waals surface area contributed by atoms with Crippen LogP contribution in [0.3, 0.4) is 0 Å². The summed E-state index contributed by atoms with van der Waals surface area (Å²) in [6.45, 7) is 3.54. The third kappa shape index (κ3) is 3.32. The average molecular weight is 324 g/mol. The maximum Gasteiger partial charge on any atom is 0.251 e. The third-order valence-electron chi connectivity index (χ3n) is 3.86. The van der Waals surface area contributed by atoms with Gasteiger partial charge in [-0.1, -0.05) is 18.2 Å². The Morgan fingerprint density at radius 3 is 2.58 bits per heavy atom. The molecule has 3 rings (SSSR count). The first-order valence-corrected chi connectivity index (χ1v) is 7.56. The monoisotopic (exact) mass is 324 g/mol. The van der Waals surface area contributed by atoms with E-state index in [2.05, 4.69) is 15.4 Å². The Morgan fingerprint density at radius 1 is 1.21 bits per heavy atom. The lowest BCUT2D eigenvalue weighted by Gasteiger charge is -2.15. The summed E-state index contributed by atoms with van der Waals surface area (Å²) in [4.78, 5) is 16.2. The van der Waals surface area contributed by atoms with Gasteiger partial charge in [-0.2, -0.15) is 5.10 Å². The second-order valence-corrected chi connectivity index (χ2v) is 5.59. The highest BCUT2D eigenvalue weighted by Crippen LogP contribution is 2.16. The number of rotatable bonds is 4. The Kier molecular flexibility index (Phi) is 4.37. The summed E-state index contributed by atoms with van der Waals surface area (Å²) < 4.78 is 15.2. The van der Waals surface area contributed by atoms with Gasteiger partial charge in [0.2, 0.25) is 0 Å². The molecule has 1 atom stereocenters. The number of hydrogen-bond donors (Lipinski definition) is 1. The van der Waals surface area contributed by atoms with Gasteiger partial charge in [0, 0.05) is 5.56 Å². The van der Waals surface area contributed by atoms with Crippen LogP contribution in [0, 0.1) is 12.7 Å². The number of hydrogen-bond acceptors (Lipinski definition) is 3. The molecule has 5 nitrogen and oxygen atoms in total. The Bertz CT molecular complexity index is 844. The first kappa shape index (κ1) is 15.9. The maximum atomic E-state index is 13.6. The number of carbonyl (C=O) groups is 1. The van der Waals surface area contributed by atoms with Crippen molar-refractivity contribution in [2.45, 2.75) is 19.9 Å². The number of amides is 1. The normalized spacial score (nSPS) is 12.0. The van der Waals surface area contributed by atoms with Crippen molar-refractivity contribution in [3.8, 4) is 5.69 Å². The van der Waals surface area contributed by atoms with Gasteiger partial charge >= 0.3 is 0 Å². The summed E-state index contributed by atoms with van der Waals surface area (Å²) >= 11 is 0. The molecule has 0 saturated heterocycles. The molecule has 0 aliphatic heterocycles. The zero-order chi connectivity index (χ0) is 17.1. The lowest BCUT2D eigenvalue weighted by Crippen LogP contribution is -2.26. The molecule has 122 valence electrons. The molecule has 1 heterocycles. The molecule has 0 fully saturated rings. The molecule has 3 aromatic rings. The van der Waals surface area contributed by atoms with Crippen molar-refractivity contribution in [1.29, 1.82) is 0 Å². The Hall–Kier alpha value is -3.02. The van der Waals surface area contributed by atoms with Crippen molar-refractivity contribution in [2.75, 3.05) is 0 Å². The van der Waals surface area contributed by atoms with Crippen molar-refractivity contribution < 1.29 is 9.18 Å². The van der Waals surface area contributed by atoms with Crippen LogP contribution in [0.1, 0.15) is 34.5 Å². The van der Waals surface area contributed by atoms with Gasteiger partial charge in [0.05, 0.1) is 11.7 Å². The van der Waals surface area contributed by atoms with Crippen molar-refractivity contribution in [3.63, 3.8) is 0 Å². The second-order valence-electron chi connectivity index (χ2n) is 5.59. The quantitative estimate of drug-likeness (QED) is 0.802. The van der Waals surface area contributed by atoms with Crippen molar-refractivity contribution in [3.05, 3.63) is 77.6 Å². The van der Waals surface area contributed by atoms with Crippen LogP contribution in [0.5, 0.6) is 0 Å². The third-order valence-corrected chi connectivity index (χ3v) is 3.86. The highest BCUT2D eigenvalue weighted by Gasteiger charge is 2.13. The molecule has 1 unspecified atom stereocenters. The van der Waals surface area contributed by atoms with E-state index in [9.17, 15) is 9.18 Å². The SMILES string of the molecule is Cc1ccc(C(=O)NC(C)c2ccc(-n3cncn3)cc2)cc1F. The Morgan fingerprint density at radius 2 is 1.96 bits per heavy atom. The van der Waals surface area contributed by atoms with Crippen LogP contribution in [0.2, 0.25) is 0 Å². The smallest absolute Gasteiger partial charge is 0.251 e. The fourth-order valence-electron chi connectivity index (χ4n) is 2.35. The molecule has 0 aliphatic rings. The summed E-state index contributed by atoms with van der Waals surface area (Å²) in [6.07, 6.45) is 3.09. The number of benzene rings is 2. The van der Waals surface area contributed by atoms with Crippen LogP contribution in [0.25, 0.3) is 5.69 Å². The topological polar surface area (TPSA) is 59.8 Å². The molecule has 0 radical (unpaired) electrons. The van der Waals surface area contributed by atoms with Gasteiger partial charge in [-0.3, -0.25) is 4.79 Å². The first-order valence-electron chi connectivity index (χ1n) is 7.56. The predicted octanol–water partition coefficient (Wildman–Crippen LogP) is 3.21. The molecular formula is C18H17FN4O. The number of nitrogens with zero attached hydrogens (tertiary/aromatic N) is 3. The molecule has 1 amide bonds. The molecule has 1 N–H and O–H groups in total. The first-order chi connectivity index (χ1) is 11.5. The standard InChI is InChI=1S/C18H17FN4O/c1-12-3-4-15(9-17(12)19)18(24)22-13(2)14-5-7-16(8-6-14)23-11-20-10-21-23/h3-11,13H,1-2H3,(H,22,24). The maximum absolute atomic E-state index is 13.6. The molecule has 6 heteroatoms. The van der Waals surface area contributed by atoms with E-state index in [0.717, 1.165) is 11.3 Å². The largest absolute Gasteiger partial charge is 0.346 e. The fraction of sp³-hybridized carbons (Fsp3) is 0.167. The molecule has 0 spiro atoms. The summed E-state index contributed by atoms with van der Waals surface area (Å²) in [5.41, 5.74) is 2.66. The van der Waals surface area contributed by atoms with E-state index in [1.165, 1.54) is 12.4 Å². The van der Waals surface area contributed by atoms with Gasteiger partial charge in [0.25, 0.3) is 5.91 Å². The minimum Gasteiger partial charge on any atom is -0.346 e. The van der Waals surface area contributed by atoms with Gasteiger partial charge in [0.15, 0.2) is 0 Å². The molecule has 0 saturated carbocycles. The predicted molar refractivity (Wildman–Crippen MR) is 88.4 cm³/mol. The highest BCUT2D eigenvalue weighted by atomic mass is 19.1. The molecule has 2 aromatic carbocycles. The van der Waals surface area contributed by atoms with E-state index in [-0.39, 0.29) is 17.8 Å². The van der Waals surface area contributed by atoms with E-state index in [4.69, 9.17) is 0 Å². The van der Waals surface area contributed by atoms with Crippen LogP contribution in [-0.4, -0.2) is 20.7 Å². The summed E-state index contributed by atoms with van der Waals surface area (Å²) in [7, 11) is 0. The van der Waals surface area contributed by atoms with Crippen LogP contribution in [-0.2, 0) is 0 Å². The number of carbonyl (C=O) groups excluding carboxylic acids is 1. The Balaban J connectivity index is 1.71. The molecule has 0 aliphatic carbocycles. The van der Waals surface area contributed by atoms with E-state index in [1.807, 2.05) is 31.2 Å². The van der Waals surface area contributed by atoms with Crippen LogP contribution in [0.4, 0.5) is 4.39 Å². The fourth-order valence-corrected chi connectivity index (χ4v) is 2.35. The summed E-state index contributed by atoms with van der Waals surface area (Å²) in [5, 5.41) is 6.94. The Labute approximate surface area is 139 Å². The molecule has 24 heavy (non-hydrogen) atoms. The highest BCUT2D eigenvalue weighted by molar-refractivity contribution is 5.94. The number of nitrogens with one attached hydrogen (secondary N) is 1.